The lowest BCUT2D eigenvalue weighted by Crippen LogP contribution is -2.32. The fourth-order valence-corrected chi connectivity index (χ4v) is 15.2. The fraction of sp³-hybridized carbons (Fsp3) is 0.459. The van der Waals surface area contributed by atoms with Gasteiger partial charge in [0.2, 0.25) is 0 Å². The van der Waals surface area contributed by atoms with E-state index in [2.05, 4.69) is 103 Å². The molecule has 0 N–H and O–H groups in total. The lowest BCUT2D eigenvalue weighted by molar-refractivity contribution is 0.472. The monoisotopic (exact) mass is 552 g/mol. The third-order valence-electron chi connectivity index (χ3n) is 9.63. The second-order valence-corrected chi connectivity index (χ2v) is 17.4. The van der Waals surface area contributed by atoms with E-state index in [1.807, 2.05) is 0 Å². The van der Waals surface area contributed by atoms with Crippen LogP contribution in [0.5, 0.6) is 0 Å². The summed E-state index contributed by atoms with van der Waals surface area (Å²) in [5.74, 6) is 1.24. The fourth-order valence-electron chi connectivity index (χ4n) is 7.78. The van der Waals surface area contributed by atoms with E-state index in [1.165, 1.54) is 87.7 Å². The largest absolute Gasteiger partial charge is 0.0962 e. The minimum absolute atomic E-state index is 0.0108. The van der Waals surface area contributed by atoms with Crippen LogP contribution in [0.15, 0.2) is 109 Å². The number of hydrogen-bond acceptors (Lipinski definition) is 0. The van der Waals surface area contributed by atoms with Crippen molar-refractivity contribution >= 4 is 26.5 Å². The second-order valence-electron chi connectivity index (χ2n) is 12.1. The van der Waals surface area contributed by atoms with Crippen LogP contribution in [-0.4, -0.2) is 17.0 Å². The smallest absolute Gasteiger partial charge is 0.00995 e. The van der Waals surface area contributed by atoms with Gasteiger partial charge in [-0.25, -0.2) is 0 Å². The molecule has 4 aliphatic rings. The zero-order chi connectivity index (χ0) is 26.3. The molecule has 0 spiro atoms. The van der Waals surface area contributed by atoms with Crippen LogP contribution in [0.2, 0.25) is 0 Å². The highest BCUT2D eigenvalue weighted by atomic mass is 31.1. The molecule has 0 bridgehead atoms. The summed E-state index contributed by atoms with van der Waals surface area (Å²) >= 11 is 0. The van der Waals surface area contributed by atoms with E-state index in [9.17, 15) is 0 Å². The van der Waals surface area contributed by atoms with Gasteiger partial charge < -0.3 is 0 Å². The summed E-state index contributed by atoms with van der Waals surface area (Å²) < 4.78 is 0. The lowest BCUT2D eigenvalue weighted by atomic mass is 9.97. The molecule has 2 saturated carbocycles. The van der Waals surface area contributed by atoms with Gasteiger partial charge in [0, 0.05) is 5.92 Å². The minimum atomic E-state index is -0.523. The van der Waals surface area contributed by atoms with Crippen molar-refractivity contribution in [3.05, 3.63) is 109 Å². The average molecular weight is 553 g/mol. The Morgan fingerprint density at radius 3 is 1.69 bits per heavy atom. The molecule has 1 unspecified atom stereocenters. The summed E-state index contributed by atoms with van der Waals surface area (Å²) in [6, 6.07) is 22.9. The molecule has 0 heterocycles. The number of hydrogen-bond donors (Lipinski definition) is 0. The number of rotatable bonds is 10. The number of benzene rings is 2. The third kappa shape index (κ3) is 6.61. The standard InChI is InChI=1S/C37H46P2/c1-5-18-31(19-6-1)38(32-20-7-2-8-21-32)36-27-15-26-35(36)37(29-28-30-16-13-14-17-30)39(33-22-9-3-10-23-33)34-24-11-4-12-25-34/h1-2,5-8,13-21,26-27,30,33-35,37H,3-4,9-12,22-25,28-29H2/t35?,37-/m1/s1. The molecule has 2 heteroatoms. The summed E-state index contributed by atoms with van der Waals surface area (Å²) in [7, 11) is -0.534. The van der Waals surface area contributed by atoms with Crippen molar-refractivity contribution < 1.29 is 0 Å². The van der Waals surface area contributed by atoms with Gasteiger partial charge in [-0.1, -0.05) is 150 Å². The van der Waals surface area contributed by atoms with Crippen molar-refractivity contribution in [2.45, 2.75) is 94.0 Å². The summed E-state index contributed by atoms with van der Waals surface area (Å²) in [5, 5.41) is 4.75. The Balaban J connectivity index is 1.38. The first-order chi connectivity index (χ1) is 19.4. The SMILES string of the molecule is C1=CC(CC[C@H](C2C=CC=C2P(c2ccccc2)c2ccccc2)P(C2CCCCC2)C2CCCCC2)C=C1. The molecule has 4 aliphatic carbocycles. The lowest BCUT2D eigenvalue weighted by Gasteiger charge is -2.46. The molecule has 0 aliphatic heterocycles. The van der Waals surface area contributed by atoms with Crippen LogP contribution in [0.25, 0.3) is 0 Å². The Kier molecular flexibility index (Phi) is 9.67. The average Bonchev–Trinajstić information content (AvgIpc) is 3.71. The van der Waals surface area contributed by atoms with Gasteiger partial charge >= 0.3 is 0 Å². The van der Waals surface area contributed by atoms with Gasteiger partial charge in [0.15, 0.2) is 0 Å². The first kappa shape index (κ1) is 27.4. The maximum absolute atomic E-state index is 2.66. The van der Waals surface area contributed by atoms with Crippen LogP contribution < -0.4 is 10.6 Å². The molecule has 2 fully saturated rings. The van der Waals surface area contributed by atoms with E-state index in [0.29, 0.717) is 11.8 Å². The summed E-state index contributed by atoms with van der Waals surface area (Å²) in [4.78, 5) is 0. The van der Waals surface area contributed by atoms with Gasteiger partial charge in [-0.2, -0.15) is 0 Å². The van der Waals surface area contributed by atoms with Crippen LogP contribution in [0.4, 0.5) is 0 Å². The minimum Gasteiger partial charge on any atom is -0.0962 e. The highest BCUT2D eigenvalue weighted by Gasteiger charge is 2.42. The Morgan fingerprint density at radius 2 is 1.15 bits per heavy atom. The molecule has 0 saturated heterocycles. The summed E-state index contributed by atoms with van der Waals surface area (Å²) in [5.41, 5.74) is 2.80. The van der Waals surface area contributed by atoms with Crippen LogP contribution in [0.1, 0.15) is 77.0 Å². The normalized spacial score (nSPS) is 23.2. The van der Waals surface area contributed by atoms with E-state index in [-0.39, 0.29) is 7.92 Å². The zero-order valence-electron chi connectivity index (χ0n) is 23.6. The van der Waals surface area contributed by atoms with E-state index in [4.69, 9.17) is 0 Å². The quantitative estimate of drug-likeness (QED) is 0.257. The molecule has 2 atom stereocenters. The predicted octanol–water partition coefficient (Wildman–Crippen LogP) is 10.2. The third-order valence-corrected chi connectivity index (χ3v) is 16.3. The van der Waals surface area contributed by atoms with Crippen LogP contribution in [0, 0.1) is 11.8 Å². The topological polar surface area (TPSA) is 0 Å². The molecule has 0 nitrogen and oxygen atoms in total. The molecule has 0 aromatic heterocycles. The van der Waals surface area contributed by atoms with Gasteiger partial charge in [-0.05, 0) is 85.3 Å². The van der Waals surface area contributed by atoms with E-state index >= 15 is 0 Å². The molecule has 0 amide bonds. The van der Waals surface area contributed by atoms with Crippen molar-refractivity contribution in [3.8, 4) is 0 Å². The Morgan fingerprint density at radius 1 is 0.615 bits per heavy atom. The van der Waals surface area contributed by atoms with Gasteiger partial charge in [0.1, 0.15) is 0 Å². The van der Waals surface area contributed by atoms with Crippen molar-refractivity contribution in [2.24, 2.45) is 11.8 Å². The predicted molar refractivity (Wildman–Crippen MR) is 175 cm³/mol. The van der Waals surface area contributed by atoms with Crippen LogP contribution in [0.3, 0.4) is 0 Å². The maximum atomic E-state index is 2.66. The van der Waals surface area contributed by atoms with Gasteiger partial charge in [-0.15, -0.1) is 0 Å². The Labute approximate surface area is 240 Å². The van der Waals surface area contributed by atoms with E-state index < -0.39 is 7.92 Å². The molecule has 2 aromatic rings. The molecule has 39 heavy (non-hydrogen) atoms. The molecule has 0 radical (unpaired) electrons. The Bertz CT molecular complexity index is 1080. The molecular weight excluding hydrogens is 506 g/mol. The summed E-state index contributed by atoms with van der Waals surface area (Å²) in [6.07, 6.45) is 34.6. The molecule has 204 valence electrons. The van der Waals surface area contributed by atoms with Crippen LogP contribution >= 0.6 is 15.8 Å². The van der Waals surface area contributed by atoms with Gasteiger partial charge in [-0.3, -0.25) is 0 Å². The highest BCUT2D eigenvalue weighted by molar-refractivity contribution is 7.76. The Hall–Kier alpha value is -1.74. The second kappa shape index (κ2) is 13.7. The highest BCUT2D eigenvalue weighted by Crippen LogP contribution is 2.65. The summed E-state index contributed by atoms with van der Waals surface area (Å²) in [6.45, 7) is 0. The molecular formula is C37H46P2. The molecule has 6 rings (SSSR count). The van der Waals surface area contributed by atoms with E-state index in [1.54, 1.807) is 5.31 Å². The van der Waals surface area contributed by atoms with Crippen molar-refractivity contribution in [2.75, 3.05) is 0 Å². The maximum Gasteiger partial charge on any atom is 0.00995 e. The van der Waals surface area contributed by atoms with Gasteiger partial charge in [0.25, 0.3) is 0 Å². The first-order valence-corrected chi connectivity index (χ1v) is 18.7. The van der Waals surface area contributed by atoms with Crippen molar-refractivity contribution in [1.82, 2.24) is 0 Å². The first-order valence-electron chi connectivity index (χ1n) is 15.8. The van der Waals surface area contributed by atoms with Gasteiger partial charge in [0.05, 0.1) is 0 Å². The zero-order valence-corrected chi connectivity index (χ0v) is 25.4. The van der Waals surface area contributed by atoms with Crippen molar-refractivity contribution in [1.29, 1.82) is 0 Å². The van der Waals surface area contributed by atoms with Crippen LogP contribution in [-0.2, 0) is 0 Å². The van der Waals surface area contributed by atoms with Crippen molar-refractivity contribution in [3.63, 3.8) is 0 Å². The van der Waals surface area contributed by atoms with E-state index in [0.717, 1.165) is 17.0 Å². The number of allylic oxidation sites excluding steroid dienone is 8. The molecule has 2 aromatic carbocycles.